The maximum Gasteiger partial charge on any atom is 0.151 e. The normalized spacial score (nSPS) is 21.9. The van der Waals surface area contributed by atoms with Crippen LogP contribution in [-0.2, 0) is 6.54 Å². The van der Waals surface area contributed by atoms with Crippen molar-refractivity contribution < 1.29 is 0 Å². The Balaban J connectivity index is 1.68. The smallest absolute Gasteiger partial charge is 0.151 e. The average molecular weight is 246 g/mol. The minimum absolute atomic E-state index is 0.603. The van der Waals surface area contributed by atoms with Gasteiger partial charge in [0.1, 0.15) is 0 Å². The Morgan fingerprint density at radius 1 is 1.22 bits per heavy atom. The van der Waals surface area contributed by atoms with Crippen LogP contribution in [0.25, 0.3) is 0 Å². The van der Waals surface area contributed by atoms with Crippen LogP contribution >= 0.6 is 0 Å². The highest BCUT2D eigenvalue weighted by Crippen LogP contribution is 2.45. The predicted molar refractivity (Wildman–Crippen MR) is 72.5 cm³/mol. The molecule has 1 aromatic heterocycles. The van der Waals surface area contributed by atoms with Gasteiger partial charge in [-0.3, -0.25) is 0 Å². The van der Waals surface area contributed by atoms with Crippen LogP contribution < -0.4 is 10.2 Å². The van der Waals surface area contributed by atoms with E-state index < -0.39 is 0 Å². The van der Waals surface area contributed by atoms with Gasteiger partial charge in [0, 0.05) is 19.6 Å². The molecule has 4 nitrogen and oxygen atoms in total. The summed E-state index contributed by atoms with van der Waals surface area (Å²) in [7, 11) is 1.93. The molecule has 18 heavy (non-hydrogen) atoms. The van der Waals surface area contributed by atoms with E-state index in [0.29, 0.717) is 5.41 Å². The molecule has 2 aliphatic rings. The summed E-state index contributed by atoms with van der Waals surface area (Å²) in [4.78, 5) is 2.42. The Morgan fingerprint density at radius 3 is 2.72 bits per heavy atom. The van der Waals surface area contributed by atoms with E-state index in [1.54, 1.807) is 0 Å². The molecule has 0 bridgehead atoms. The number of hydrogen-bond acceptors (Lipinski definition) is 4. The fourth-order valence-electron chi connectivity index (χ4n) is 3.46. The summed E-state index contributed by atoms with van der Waals surface area (Å²) in [6, 6.07) is 4.20. The summed E-state index contributed by atoms with van der Waals surface area (Å²) in [6.45, 7) is 3.13. The molecular weight excluding hydrogens is 224 g/mol. The molecule has 4 heteroatoms. The van der Waals surface area contributed by atoms with Gasteiger partial charge in [0.05, 0.1) is 5.69 Å². The molecule has 2 fully saturated rings. The predicted octanol–water partition coefficient (Wildman–Crippen LogP) is 1.97. The van der Waals surface area contributed by atoms with Gasteiger partial charge in [-0.15, -0.1) is 5.10 Å². The lowest BCUT2D eigenvalue weighted by Crippen LogP contribution is -2.25. The van der Waals surface area contributed by atoms with E-state index >= 15 is 0 Å². The summed E-state index contributed by atoms with van der Waals surface area (Å²) in [5.74, 6) is 1.05. The van der Waals surface area contributed by atoms with E-state index in [9.17, 15) is 0 Å². The molecule has 1 aliphatic carbocycles. The highest BCUT2D eigenvalue weighted by molar-refractivity contribution is 5.39. The van der Waals surface area contributed by atoms with Crippen molar-refractivity contribution in [2.75, 3.05) is 25.0 Å². The van der Waals surface area contributed by atoms with Crippen LogP contribution in [0.15, 0.2) is 12.1 Å². The maximum absolute atomic E-state index is 4.37. The van der Waals surface area contributed by atoms with Crippen LogP contribution in [0.4, 0.5) is 5.82 Å². The lowest BCUT2D eigenvalue weighted by atomic mass is 9.86. The van der Waals surface area contributed by atoms with Crippen LogP contribution in [-0.4, -0.2) is 30.3 Å². The monoisotopic (exact) mass is 246 g/mol. The zero-order valence-electron chi connectivity index (χ0n) is 11.2. The number of hydrogen-bond donors (Lipinski definition) is 1. The van der Waals surface area contributed by atoms with Crippen molar-refractivity contribution in [2.45, 2.75) is 38.6 Å². The van der Waals surface area contributed by atoms with Crippen molar-refractivity contribution in [3.05, 3.63) is 17.8 Å². The standard InChI is InChI=1S/C14H22N4/c1-15-10-12-4-5-13(17-16-12)18-9-8-14(11-18)6-2-3-7-14/h4-5,15H,2-3,6-11H2,1H3. The third-order valence-corrected chi connectivity index (χ3v) is 4.49. The molecule has 1 aliphatic heterocycles. The first-order valence-electron chi connectivity index (χ1n) is 7.04. The van der Waals surface area contributed by atoms with Gasteiger partial charge in [-0.1, -0.05) is 12.8 Å². The van der Waals surface area contributed by atoms with Crippen molar-refractivity contribution >= 4 is 5.82 Å². The molecule has 3 rings (SSSR count). The van der Waals surface area contributed by atoms with Crippen molar-refractivity contribution in [1.29, 1.82) is 0 Å². The molecule has 2 heterocycles. The fourth-order valence-corrected chi connectivity index (χ4v) is 3.46. The molecule has 1 N–H and O–H groups in total. The minimum Gasteiger partial charge on any atom is -0.355 e. The molecule has 1 saturated heterocycles. The number of anilines is 1. The van der Waals surface area contributed by atoms with Gasteiger partial charge in [-0.05, 0) is 43.9 Å². The maximum atomic E-state index is 4.37. The Morgan fingerprint density at radius 2 is 2.06 bits per heavy atom. The van der Waals surface area contributed by atoms with E-state index in [2.05, 4.69) is 32.5 Å². The lowest BCUT2D eigenvalue weighted by molar-refractivity contribution is 0.340. The largest absolute Gasteiger partial charge is 0.355 e. The van der Waals surface area contributed by atoms with Crippen LogP contribution in [0.1, 0.15) is 37.8 Å². The molecule has 1 aromatic rings. The third kappa shape index (κ3) is 2.21. The molecular formula is C14H22N4. The Hall–Kier alpha value is -1.16. The van der Waals surface area contributed by atoms with Gasteiger partial charge in [0.15, 0.2) is 5.82 Å². The molecule has 0 amide bonds. The zero-order valence-corrected chi connectivity index (χ0v) is 11.2. The SMILES string of the molecule is CNCc1ccc(N2CCC3(CCCC3)C2)nn1. The first-order chi connectivity index (χ1) is 8.81. The second-order valence-corrected chi connectivity index (χ2v) is 5.79. The second-order valence-electron chi connectivity index (χ2n) is 5.79. The zero-order chi connectivity index (χ0) is 12.4. The van der Waals surface area contributed by atoms with Gasteiger partial charge in [-0.2, -0.15) is 5.10 Å². The minimum atomic E-state index is 0.603. The number of nitrogens with one attached hydrogen (secondary N) is 1. The molecule has 1 spiro atoms. The first-order valence-corrected chi connectivity index (χ1v) is 7.04. The van der Waals surface area contributed by atoms with E-state index in [4.69, 9.17) is 0 Å². The highest BCUT2D eigenvalue weighted by Gasteiger charge is 2.40. The van der Waals surface area contributed by atoms with Gasteiger partial charge in [0.25, 0.3) is 0 Å². The molecule has 0 radical (unpaired) electrons. The van der Waals surface area contributed by atoms with Crippen LogP contribution in [0, 0.1) is 5.41 Å². The topological polar surface area (TPSA) is 41.0 Å². The van der Waals surface area contributed by atoms with E-state index in [1.807, 2.05) is 7.05 Å². The third-order valence-electron chi connectivity index (χ3n) is 4.49. The average Bonchev–Trinajstić information content (AvgIpc) is 3.02. The quantitative estimate of drug-likeness (QED) is 0.885. The molecule has 0 atom stereocenters. The van der Waals surface area contributed by atoms with Crippen molar-refractivity contribution in [1.82, 2.24) is 15.5 Å². The number of rotatable bonds is 3. The molecule has 1 saturated carbocycles. The molecule has 98 valence electrons. The van der Waals surface area contributed by atoms with E-state index in [0.717, 1.165) is 24.6 Å². The van der Waals surface area contributed by atoms with Gasteiger partial charge >= 0.3 is 0 Å². The van der Waals surface area contributed by atoms with Crippen LogP contribution in [0.5, 0.6) is 0 Å². The number of aromatic nitrogens is 2. The van der Waals surface area contributed by atoms with Crippen molar-refractivity contribution in [3.8, 4) is 0 Å². The lowest BCUT2D eigenvalue weighted by Gasteiger charge is -2.23. The summed E-state index contributed by atoms with van der Waals surface area (Å²) < 4.78 is 0. The van der Waals surface area contributed by atoms with Crippen LogP contribution in [0.2, 0.25) is 0 Å². The highest BCUT2D eigenvalue weighted by atomic mass is 15.3. The number of nitrogens with zero attached hydrogens (tertiary/aromatic N) is 3. The summed E-state index contributed by atoms with van der Waals surface area (Å²) in [5, 5.41) is 11.7. The van der Waals surface area contributed by atoms with Gasteiger partial charge in [0.2, 0.25) is 0 Å². The first kappa shape index (κ1) is 11.9. The van der Waals surface area contributed by atoms with Crippen molar-refractivity contribution in [2.24, 2.45) is 5.41 Å². The van der Waals surface area contributed by atoms with Gasteiger partial charge in [-0.25, -0.2) is 0 Å². The Kier molecular flexibility index (Phi) is 3.20. The van der Waals surface area contributed by atoms with Gasteiger partial charge < -0.3 is 10.2 Å². The Bertz CT molecular complexity index is 395. The van der Waals surface area contributed by atoms with E-state index in [1.165, 1.54) is 38.6 Å². The van der Waals surface area contributed by atoms with Crippen molar-refractivity contribution in [3.63, 3.8) is 0 Å². The Labute approximate surface area is 109 Å². The second kappa shape index (κ2) is 4.84. The fraction of sp³-hybridized carbons (Fsp3) is 0.714. The van der Waals surface area contributed by atoms with E-state index in [-0.39, 0.29) is 0 Å². The molecule has 0 unspecified atom stereocenters. The summed E-state index contributed by atoms with van der Waals surface area (Å²) in [5.41, 5.74) is 1.61. The van der Waals surface area contributed by atoms with Crippen LogP contribution in [0.3, 0.4) is 0 Å². The summed E-state index contributed by atoms with van der Waals surface area (Å²) >= 11 is 0. The summed E-state index contributed by atoms with van der Waals surface area (Å²) in [6.07, 6.45) is 7.00. The molecule has 0 aromatic carbocycles.